The number of phenols is 2. The van der Waals surface area contributed by atoms with Crippen molar-refractivity contribution in [3.8, 4) is 51.7 Å². The summed E-state index contributed by atoms with van der Waals surface area (Å²) in [6.07, 6.45) is 6.15. The van der Waals surface area contributed by atoms with Crippen LogP contribution in [-0.2, 0) is 17.8 Å². The fourth-order valence-electron chi connectivity index (χ4n) is 5.06. The van der Waals surface area contributed by atoms with Gasteiger partial charge < -0.3 is 58.1 Å². The third-order valence-corrected chi connectivity index (χ3v) is 8.47. The number of aromatic hydroxyl groups is 2. The maximum Gasteiger partial charge on any atom is 1.00 e. The van der Waals surface area contributed by atoms with Gasteiger partial charge in [-0.3, -0.25) is 0 Å². The number of ether oxygens (including phenoxy) is 5. The molecule has 1 unspecified atom stereocenters. The molecule has 0 aromatic heterocycles. The van der Waals surface area contributed by atoms with Crippen LogP contribution < -0.4 is 67.2 Å². The van der Waals surface area contributed by atoms with E-state index in [1.54, 1.807) is 36.4 Å². The molecule has 0 aliphatic heterocycles. The van der Waals surface area contributed by atoms with Crippen molar-refractivity contribution in [3.05, 3.63) is 87.5 Å². The topological polar surface area (TPSA) is 186 Å². The Balaban J connectivity index is 0.00000702. The quantitative estimate of drug-likeness (QED) is 0.0796. The second-order valence-corrected chi connectivity index (χ2v) is 11.9. The summed E-state index contributed by atoms with van der Waals surface area (Å²) >= 11 is 0. The first-order chi connectivity index (χ1) is 23.9. The Morgan fingerprint density at radius 3 is 1.43 bits per heavy atom. The minimum absolute atomic E-state index is 0. The minimum Gasteiger partial charge on any atom is -0.736 e. The fraction of sp³-hybridized carbons (Fsp3) is 0.222. The van der Waals surface area contributed by atoms with Gasteiger partial charge in [-0.1, -0.05) is 24.3 Å². The Kier molecular flexibility index (Phi) is 14.7. The van der Waals surface area contributed by atoms with Gasteiger partial charge in [-0.2, -0.15) is 0 Å². The Morgan fingerprint density at radius 1 is 0.627 bits per heavy atom. The number of aliphatic hydroxyl groups excluding tert-OH is 2. The molecule has 0 heterocycles. The first kappa shape index (κ1) is 41.1. The van der Waals surface area contributed by atoms with Crippen LogP contribution in [0.5, 0.6) is 51.7 Å². The van der Waals surface area contributed by atoms with E-state index in [-0.39, 0.29) is 65.4 Å². The van der Waals surface area contributed by atoms with Gasteiger partial charge >= 0.3 is 37.4 Å². The number of phosphoric acid groups is 1. The first-order valence-corrected chi connectivity index (χ1v) is 16.4. The van der Waals surface area contributed by atoms with Gasteiger partial charge in [0, 0.05) is 22.3 Å². The number of benzene rings is 4. The van der Waals surface area contributed by atoms with Gasteiger partial charge in [0.1, 0.15) is 17.2 Å². The molecule has 13 nitrogen and oxygen atoms in total. The number of hydrogen-bond acceptors (Lipinski definition) is 13. The van der Waals surface area contributed by atoms with Gasteiger partial charge in [-0.25, -0.2) is 4.57 Å². The second kappa shape index (κ2) is 18.2. The molecule has 0 spiro atoms. The zero-order valence-corrected chi connectivity index (χ0v) is 32.1. The van der Waals surface area contributed by atoms with Gasteiger partial charge in [0.25, 0.3) is 0 Å². The molecular formula is C36H38NaO13P. The van der Waals surface area contributed by atoms with Crippen molar-refractivity contribution in [2.45, 2.75) is 20.1 Å². The van der Waals surface area contributed by atoms with Crippen LogP contribution in [0.15, 0.2) is 48.5 Å². The molecule has 0 saturated heterocycles. The summed E-state index contributed by atoms with van der Waals surface area (Å²) in [5, 5.41) is 41.4. The molecule has 4 N–H and O–H groups in total. The van der Waals surface area contributed by atoms with Crippen LogP contribution in [0.3, 0.4) is 0 Å². The summed E-state index contributed by atoms with van der Waals surface area (Å²) in [4.78, 5) is 13.5. The predicted octanol–water partition coefficient (Wildman–Crippen LogP) is 2.70. The van der Waals surface area contributed by atoms with E-state index in [0.717, 1.165) is 5.56 Å². The van der Waals surface area contributed by atoms with Gasteiger partial charge in [0.05, 0.1) is 48.8 Å². The number of phosphoric ester groups is 1. The van der Waals surface area contributed by atoms with E-state index in [0.29, 0.717) is 39.5 Å². The van der Waals surface area contributed by atoms with E-state index in [2.05, 4.69) is 0 Å². The SMILES string of the molecule is COc1cc(/C=C\c2ccc(OC)c(O)c2OP(=O)([O-])Oc2c(/C=C\c3cc(CO)c(CO)c(OC)c3)ccc(OC)c2O)cc(OC)c1C.[Na+]. The smallest absolute Gasteiger partial charge is 0.736 e. The van der Waals surface area contributed by atoms with Crippen molar-refractivity contribution in [2.24, 2.45) is 0 Å². The Labute approximate surface area is 317 Å². The van der Waals surface area contributed by atoms with Crippen LogP contribution in [0.1, 0.15) is 38.9 Å². The second-order valence-electron chi connectivity index (χ2n) is 10.6. The van der Waals surface area contributed by atoms with Crippen molar-refractivity contribution in [1.29, 1.82) is 0 Å². The van der Waals surface area contributed by atoms with Gasteiger partial charge in [-0.05, 0) is 72.1 Å². The largest absolute Gasteiger partial charge is 1.00 e. The summed E-state index contributed by atoms with van der Waals surface area (Å²) in [7, 11) is 1.59. The zero-order valence-electron chi connectivity index (χ0n) is 29.3. The zero-order chi connectivity index (χ0) is 36.6. The molecule has 4 aromatic rings. The molecular weight excluding hydrogens is 694 g/mol. The summed E-state index contributed by atoms with van der Waals surface area (Å²) in [5.74, 6) is -1.01. The van der Waals surface area contributed by atoms with E-state index in [1.807, 2.05) is 6.92 Å². The van der Waals surface area contributed by atoms with E-state index < -0.39 is 30.8 Å². The molecule has 0 saturated carbocycles. The Hall–Kier alpha value is -4.33. The molecule has 0 fully saturated rings. The number of methoxy groups -OCH3 is 5. The van der Waals surface area contributed by atoms with Gasteiger partial charge in [-0.15, -0.1) is 0 Å². The number of aliphatic hydroxyl groups is 2. The van der Waals surface area contributed by atoms with Crippen LogP contribution in [0.2, 0.25) is 0 Å². The third kappa shape index (κ3) is 9.52. The van der Waals surface area contributed by atoms with Crippen LogP contribution in [0.25, 0.3) is 24.3 Å². The van der Waals surface area contributed by atoms with Crippen molar-refractivity contribution >= 4 is 32.1 Å². The molecule has 266 valence electrons. The van der Waals surface area contributed by atoms with E-state index in [1.165, 1.54) is 72.0 Å². The monoisotopic (exact) mass is 732 g/mol. The Bertz CT molecular complexity index is 1910. The van der Waals surface area contributed by atoms with E-state index in [9.17, 15) is 29.9 Å². The molecule has 0 amide bonds. The Morgan fingerprint density at radius 2 is 1.04 bits per heavy atom. The van der Waals surface area contributed by atoms with Crippen molar-refractivity contribution < 1.29 is 92.2 Å². The maximum atomic E-state index is 13.5. The standard InChI is InChI=1S/C36H39O13P.Na/c1-21-30(45-4)16-23(17-31(21)46-5)8-10-25-12-14-29(44-3)34(40)36(25)49-50(41,42)48-35-24(11-13-28(43-2)33(35)39)9-7-22-15-26(19-37)27(20-38)32(18-22)47-6;/h7-18,37-40H,19-20H2,1-6H3,(H,41,42);/q;+1/p-1/b9-7-,10-8-;. The van der Waals surface area contributed by atoms with Crippen LogP contribution >= 0.6 is 7.82 Å². The average molecular weight is 733 g/mol. The molecule has 1 atom stereocenters. The minimum atomic E-state index is -5.43. The fourth-order valence-corrected chi connectivity index (χ4v) is 5.93. The molecule has 15 heteroatoms. The normalized spacial score (nSPS) is 12.3. The number of phenolic OH excluding ortho intramolecular Hbond substituents is 2. The van der Waals surface area contributed by atoms with Crippen molar-refractivity contribution in [3.63, 3.8) is 0 Å². The van der Waals surface area contributed by atoms with Crippen molar-refractivity contribution in [2.75, 3.05) is 35.5 Å². The number of hydrogen-bond donors (Lipinski definition) is 4. The molecule has 0 aliphatic carbocycles. The van der Waals surface area contributed by atoms with E-state index >= 15 is 0 Å². The van der Waals surface area contributed by atoms with E-state index in [4.69, 9.17) is 32.7 Å². The molecule has 0 aliphatic rings. The summed E-state index contributed by atoms with van der Waals surface area (Å²) in [6, 6.07) is 12.5. The molecule has 4 aromatic carbocycles. The van der Waals surface area contributed by atoms with Crippen molar-refractivity contribution in [1.82, 2.24) is 0 Å². The third-order valence-electron chi connectivity index (χ3n) is 7.65. The maximum absolute atomic E-state index is 13.5. The predicted molar refractivity (Wildman–Crippen MR) is 185 cm³/mol. The summed E-state index contributed by atoms with van der Waals surface area (Å²) < 4.78 is 50.7. The summed E-state index contributed by atoms with van der Waals surface area (Å²) in [5.41, 5.74) is 3.00. The van der Waals surface area contributed by atoms with Crippen LogP contribution in [0.4, 0.5) is 0 Å². The molecule has 0 bridgehead atoms. The molecule has 51 heavy (non-hydrogen) atoms. The average Bonchev–Trinajstić information content (AvgIpc) is 3.11. The molecule has 0 radical (unpaired) electrons. The van der Waals surface area contributed by atoms with Gasteiger partial charge in [0.2, 0.25) is 11.5 Å². The van der Waals surface area contributed by atoms with Crippen LogP contribution in [-0.4, -0.2) is 56.0 Å². The summed E-state index contributed by atoms with van der Waals surface area (Å²) in [6.45, 7) is 1.11. The number of rotatable bonds is 15. The molecule has 4 rings (SSSR count). The first-order valence-electron chi connectivity index (χ1n) is 14.9. The van der Waals surface area contributed by atoms with Gasteiger partial charge in [0.15, 0.2) is 23.0 Å². The van der Waals surface area contributed by atoms with Crippen LogP contribution in [0, 0.1) is 6.92 Å².